The number of hydrogen-bond acceptors (Lipinski definition) is 4. The molecule has 1 aliphatic rings. The number of aliphatic hydroxyl groups excluding tert-OH is 3. The van der Waals surface area contributed by atoms with Crippen LogP contribution in [-0.2, 0) is 0 Å². The van der Waals surface area contributed by atoms with Crippen LogP contribution in [0.15, 0.2) is 0 Å². The molecule has 0 saturated carbocycles. The van der Waals surface area contributed by atoms with Crippen molar-refractivity contribution in [1.29, 1.82) is 0 Å². The van der Waals surface area contributed by atoms with Gasteiger partial charge in [0.25, 0.3) is 0 Å². The van der Waals surface area contributed by atoms with E-state index in [2.05, 4.69) is 5.32 Å². The Bertz CT molecular complexity index is 106. The van der Waals surface area contributed by atoms with Crippen LogP contribution in [0.1, 0.15) is 6.92 Å². The van der Waals surface area contributed by atoms with Crippen LogP contribution in [0.3, 0.4) is 0 Å². The van der Waals surface area contributed by atoms with Crippen molar-refractivity contribution < 1.29 is 15.3 Å². The van der Waals surface area contributed by atoms with Crippen LogP contribution in [0.25, 0.3) is 0 Å². The minimum atomic E-state index is -1.00. The van der Waals surface area contributed by atoms with Gasteiger partial charge in [-0.1, -0.05) is 0 Å². The van der Waals surface area contributed by atoms with Gasteiger partial charge in [-0.25, -0.2) is 0 Å². The molecule has 1 aliphatic heterocycles. The second-order valence-corrected chi connectivity index (χ2v) is 2.75. The fraction of sp³-hybridized carbons (Fsp3) is 1.00. The van der Waals surface area contributed by atoms with Crippen LogP contribution in [0.5, 0.6) is 0 Å². The van der Waals surface area contributed by atoms with Crippen LogP contribution in [0.4, 0.5) is 0 Å². The number of rotatable bonds is 0. The van der Waals surface area contributed by atoms with Gasteiger partial charge in [-0.05, 0) is 6.92 Å². The molecule has 1 rings (SSSR count). The predicted octanol–water partition coefficient (Wildman–Crippen LogP) is -1.94. The highest BCUT2D eigenvalue weighted by Gasteiger charge is 2.33. The first kappa shape index (κ1) is 7.94. The molecule has 10 heavy (non-hydrogen) atoms. The predicted molar refractivity (Wildman–Crippen MR) is 35.5 cm³/mol. The van der Waals surface area contributed by atoms with Gasteiger partial charge in [-0.15, -0.1) is 0 Å². The van der Waals surface area contributed by atoms with Gasteiger partial charge in [-0.2, -0.15) is 0 Å². The van der Waals surface area contributed by atoms with E-state index in [1.54, 1.807) is 6.92 Å². The number of hydrogen-bond donors (Lipinski definition) is 4. The molecule has 3 unspecified atom stereocenters. The van der Waals surface area contributed by atoms with Crippen molar-refractivity contribution in [3.63, 3.8) is 0 Å². The van der Waals surface area contributed by atoms with Gasteiger partial charge in [0.05, 0.1) is 12.2 Å². The Balaban J connectivity index is 2.52. The van der Waals surface area contributed by atoms with Gasteiger partial charge in [0.2, 0.25) is 0 Å². The second-order valence-electron chi connectivity index (χ2n) is 2.75. The first-order valence-electron chi connectivity index (χ1n) is 3.40. The van der Waals surface area contributed by atoms with Crippen molar-refractivity contribution in [1.82, 2.24) is 5.32 Å². The van der Waals surface area contributed by atoms with E-state index in [4.69, 9.17) is 15.3 Å². The third-order valence-electron chi connectivity index (χ3n) is 1.91. The molecule has 0 aliphatic carbocycles. The minimum Gasteiger partial charge on any atom is -0.389 e. The van der Waals surface area contributed by atoms with Gasteiger partial charge in [0, 0.05) is 12.6 Å². The van der Waals surface area contributed by atoms with E-state index in [9.17, 15) is 0 Å². The van der Waals surface area contributed by atoms with Gasteiger partial charge >= 0.3 is 0 Å². The van der Waals surface area contributed by atoms with E-state index in [1.807, 2.05) is 0 Å². The smallest absolute Gasteiger partial charge is 0.108 e. The molecule has 0 aromatic carbocycles. The molecule has 1 saturated heterocycles. The first-order chi connectivity index (χ1) is 4.63. The van der Waals surface area contributed by atoms with E-state index in [0.717, 1.165) is 0 Å². The van der Waals surface area contributed by atoms with Crippen LogP contribution < -0.4 is 5.32 Å². The summed E-state index contributed by atoms with van der Waals surface area (Å²) in [6, 6.07) is -0.140. The summed E-state index contributed by atoms with van der Waals surface area (Å²) >= 11 is 0. The maximum absolute atomic E-state index is 9.14. The molecule has 0 aromatic heterocycles. The average molecular weight is 147 g/mol. The molecule has 0 spiro atoms. The third-order valence-corrected chi connectivity index (χ3v) is 1.91. The maximum Gasteiger partial charge on any atom is 0.108 e. The van der Waals surface area contributed by atoms with Gasteiger partial charge < -0.3 is 20.6 Å². The molecular weight excluding hydrogens is 134 g/mol. The quantitative estimate of drug-likeness (QED) is 0.322. The zero-order valence-electron chi connectivity index (χ0n) is 5.86. The third kappa shape index (κ3) is 1.29. The Kier molecular flexibility index (Phi) is 2.25. The van der Waals surface area contributed by atoms with Gasteiger partial charge in [0.15, 0.2) is 0 Å². The molecule has 1 heterocycles. The Morgan fingerprint density at radius 1 is 1.20 bits per heavy atom. The number of β-amino-alcohol motifs (C(OH)–C–C–N with tert-alkyl or cyclic N) is 1. The summed E-state index contributed by atoms with van der Waals surface area (Å²) < 4.78 is 0. The maximum atomic E-state index is 9.14. The Hall–Kier alpha value is -0.160. The number of nitrogens with one attached hydrogen (secondary N) is 1. The molecule has 0 bridgehead atoms. The van der Waals surface area contributed by atoms with Crippen molar-refractivity contribution in [3.8, 4) is 0 Å². The highest BCUT2D eigenvalue weighted by molar-refractivity contribution is 4.89. The summed E-state index contributed by atoms with van der Waals surface area (Å²) in [7, 11) is 0. The van der Waals surface area contributed by atoms with Crippen LogP contribution >= 0.6 is 0 Å². The van der Waals surface area contributed by atoms with Crippen LogP contribution in [0.2, 0.25) is 0 Å². The molecular formula is C6H13NO3. The standard InChI is InChI=1S/C6H13NO3/c1-3-5(9)6(10)4(8)2-7-3/h3-10H,2H2,1H3/t3-,4?,5?,6?/m1/s1. The molecule has 0 aromatic rings. The first-order valence-corrected chi connectivity index (χ1v) is 3.40. The van der Waals surface area contributed by atoms with Crippen LogP contribution in [-0.4, -0.2) is 46.2 Å². The highest BCUT2D eigenvalue weighted by Crippen LogP contribution is 2.09. The van der Waals surface area contributed by atoms with Crippen molar-refractivity contribution in [2.45, 2.75) is 31.3 Å². The zero-order valence-corrected chi connectivity index (χ0v) is 5.86. The van der Waals surface area contributed by atoms with Crippen molar-refractivity contribution >= 4 is 0 Å². The lowest BCUT2D eigenvalue weighted by Gasteiger charge is -2.33. The normalized spacial score (nSPS) is 49.2. The molecule has 4 N–H and O–H groups in total. The average Bonchev–Trinajstić information content (AvgIpc) is 1.93. The SMILES string of the molecule is C[C@H]1NCC(O)C(O)C1O. The van der Waals surface area contributed by atoms with E-state index >= 15 is 0 Å². The summed E-state index contributed by atoms with van der Waals surface area (Å²) in [5.74, 6) is 0. The monoisotopic (exact) mass is 147 g/mol. The Morgan fingerprint density at radius 2 is 1.80 bits per heavy atom. The van der Waals surface area contributed by atoms with Gasteiger partial charge in [-0.3, -0.25) is 0 Å². The number of aliphatic hydroxyl groups is 3. The lowest BCUT2D eigenvalue weighted by Crippen LogP contribution is -2.58. The fourth-order valence-electron chi connectivity index (χ4n) is 1.07. The lowest BCUT2D eigenvalue weighted by molar-refractivity contribution is -0.0910. The molecule has 60 valence electrons. The summed E-state index contributed by atoms with van der Waals surface area (Å²) in [6.45, 7) is 2.11. The molecule has 4 heteroatoms. The van der Waals surface area contributed by atoms with E-state index in [0.29, 0.717) is 6.54 Å². The Labute approximate surface area is 59.5 Å². The minimum absolute atomic E-state index is 0.140. The van der Waals surface area contributed by atoms with Crippen molar-refractivity contribution in [2.24, 2.45) is 0 Å². The summed E-state index contributed by atoms with van der Waals surface area (Å²) in [5.41, 5.74) is 0. The van der Waals surface area contributed by atoms with Crippen molar-refractivity contribution in [3.05, 3.63) is 0 Å². The van der Waals surface area contributed by atoms with E-state index in [1.165, 1.54) is 0 Å². The largest absolute Gasteiger partial charge is 0.389 e. The highest BCUT2D eigenvalue weighted by atomic mass is 16.4. The van der Waals surface area contributed by atoms with Crippen molar-refractivity contribution in [2.75, 3.05) is 6.54 Å². The lowest BCUT2D eigenvalue weighted by atomic mass is 9.98. The Morgan fingerprint density at radius 3 is 2.30 bits per heavy atom. The topological polar surface area (TPSA) is 72.7 Å². The molecule has 0 amide bonds. The van der Waals surface area contributed by atoms with E-state index in [-0.39, 0.29) is 6.04 Å². The molecule has 1 fully saturated rings. The molecule has 4 atom stereocenters. The number of piperidine rings is 1. The van der Waals surface area contributed by atoms with E-state index < -0.39 is 18.3 Å². The summed E-state index contributed by atoms with van der Waals surface area (Å²) in [6.07, 6.45) is -2.70. The second kappa shape index (κ2) is 2.84. The molecule has 0 radical (unpaired) electrons. The van der Waals surface area contributed by atoms with Crippen LogP contribution in [0, 0.1) is 0 Å². The summed E-state index contributed by atoms with van der Waals surface area (Å²) in [5, 5.41) is 30.1. The zero-order chi connectivity index (χ0) is 7.72. The fourth-order valence-corrected chi connectivity index (χ4v) is 1.07. The van der Waals surface area contributed by atoms with Gasteiger partial charge in [0.1, 0.15) is 6.10 Å². The molecule has 4 nitrogen and oxygen atoms in total. The summed E-state index contributed by atoms with van der Waals surface area (Å²) in [4.78, 5) is 0.